The maximum absolute atomic E-state index is 5.97. The van der Waals surface area contributed by atoms with Crippen molar-refractivity contribution in [3.05, 3.63) is 46.0 Å². The third kappa shape index (κ3) is 3.29. The first-order valence-electron chi connectivity index (χ1n) is 5.74. The summed E-state index contributed by atoms with van der Waals surface area (Å²) in [5.41, 5.74) is 8.58. The van der Waals surface area contributed by atoms with Gasteiger partial charge in [0, 0.05) is 15.3 Å². The molecule has 0 aliphatic carbocycles. The second kappa shape index (κ2) is 5.95. The van der Waals surface area contributed by atoms with E-state index in [2.05, 4.69) is 27.9 Å². The van der Waals surface area contributed by atoms with Crippen LogP contribution >= 0.6 is 22.6 Å². The summed E-state index contributed by atoms with van der Waals surface area (Å²) in [6.07, 6.45) is 0. The van der Waals surface area contributed by atoms with Gasteiger partial charge in [-0.3, -0.25) is 0 Å². The third-order valence-corrected chi connectivity index (χ3v) is 3.11. The Bertz CT molecular complexity index is 543. The highest BCUT2D eigenvalue weighted by Gasteiger charge is 2.01. The lowest BCUT2D eigenvalue weighted by atomic mass is 10.2. The lowest BCUT2D eigenvalue weighted by Crippen LogP contribution is -1.97. The van der Waals surface area contributed by atoms with Crippen molar-refractivity contribution in [3.63, 3.8) is 0 Å². The number of nitrogens with two attached hydrogens (primary N) is 1. The van der Waals surface area contributed by atoms with E-state index >= 15 is 0 Å². The van der Waals surface area contributed by atoms with Gasteiger partial charge >= 0.3 is 0 Å². The van der Waals surface area contributed by atoms with E-state index in [0.717, 1.165) is 26.4 Å². The summed E-state index contributed by atoms with van der Waals surface area (Å²) in [5, 5.41) is 3.29. The van der Waals surface area contributed by atoms with Crippen LogP contribution in [0.25, 0.3) is 0 Å². The predicted octanol–water partition coefficient (Wildman–Crippen LogP) is 4.02. The van der Waals surface area contributed by atoms with Crippen LogP contribution in [-0.2, 0) is 0 Å². The topological polar surface area (TPSA) is 47.3 Å². The number of rotatable bonds is 4. The van der Waals surface area contributed by atoms with Crippen LogP contribution in [0.5, 0.6) is 5.75 Å². The summed E-state index contributed by atoms with van der Waals surface area (Å²) in [7, 11) is 0. The molecule has 0 aliphatic rings. The van der Waals surface area contributed by atoms with Gasteiger partial charge in [0.2, 0.25) is 0 Å². The highest BCUT2D eigenvalue weighted by atomic mass is 127. The Morgan fingerprint density at radius 2 is 2.06 bits per heavy atom. The zero-order valence-electron chi connectivity index (χ0n) is 10.1. The fourth-order valence-electron chi connectivity index (χ4n) is 1.63. The smallest absolute Gasteiger partial charge is 0.121 e. The van der Waals surface area contributed by atoms with Gasteiger partial charge in [-0.1, -0.05) is 6.07 Å². The van der Waals surface area contributed by atoms with E-state index in [1.54, 1.807) is 0 Å². The number of hydrogen-bond acceptors (Lipinski definition) is 3. The van der Waals surface area contributed by atoms with Crippen molar-refractivity contribution >= 4 is 39.7 Å². The monoisotopic (exact) mass is 354 g/mol. The van der Waals surface area contributed by atoms with Crippen LogP contribution in [0.4, 0.5) is 17.1 Å². The van der Waals surface area contributed by atoms with Crippen LogP contribution < -0.4 is 15.8 Å². The first kappa shape index (κ1) is 13.0. The second-order valence-corrected chi connectivity index (χ2v) is 5.06. The average Bonchev–Trinajstić information content (AvgIpc) is 2.34. The van der Waals surface area contributed by atoms with Crippen molar-refractivity contribution < 1.29 is 4.74 Å². The summed E-state index contributed by atoms with van der Waals surface area (Å²) < 4.78 is 6.58. The quantitative estimate of drug-likeness (QED) is 0.644. The van der Waals surface area contributed by atoms with E-state index < -0.39 is 0 Å². The van der Waals surface area contributed by atoms with Gasteiger partial charge in [-0.25, -0.2) is 0 Å². The first-order chi connectivity index (χ1) is 8.69. The molecule has 0 saturated carbocycles. The molecular formula is C14H15IN2O. The van der Waals surface area contributed by atoms with Crippen molar-refractivity contribution in [2.45, 2.75) is 6.92 Å². The molecule has 0 aliphatic heterocycles. The van der Waals surface area contributed by atoms with Gasteiger partial charge in [0.1, 0.15) is 5.75 Å². The molecule has 3 nitrogen and oxygen atoms in total. The molecule has 94 valence electrons. The molecule has 4 heteroatoms. The number of benzene rings is 2. The Hall–Kier alpha value is -1.43. The second-order valence-electron chi connectivity index (χ2n) is 3.82. The van der Waals surface area contributed by atoms with E-state index in [-0.39, 0.29) is 0 Å². The van der Waals surface area contributed by atoms with Crippen molar-refractivity contribution in [2.24, 2.45) is 0 Å². The van der Waals surface area contributed by atoms with E-state index in [0.29, 0.717) is 6.61 Å². The first-order valence-corrected chi connectivity index (χ1v) is 6.82. The van der Waals surface area contributed by atoms with E-state index in [4.69, 9.17) is 10.5 Å². The molecule has 2 aromatic rings. The van der Waals surface area contributed by atoms with Crippen molar-refractivity contribution in [2.75, 3.05) is 17.7 Å². The van der Waals surface area contributed by atoms with Gasteiger partial charge in [0.15, 0.2) is 0 Å². The molecule has 0 radical (unpaired) electrons. The normalized spacial score (nSPS) is 10.1. The number of hydrogen-bond donors (Lipinski definition) is 2. The lowest BCUT2D eigenvalue weighted by Gasteiger charge is -2.11. The van der Waals surface area contributed by atoms with Crippen molar-refractivity contribution in [1.82, 2.24) is 0 Å². The minimum atomic E-state index is 0.662. The van der Waals surface area contributed by atoms with Crippen LogP contribution in [0, 0.1) is 3.57 Å². The van der Waals surface area contributed by atoms with Crippen LogP contribution in [0.1, 0.15) is 6.92 Å². The highest BCUT2D eigenvalue weighted by Crippen LogP contribution is 2.26. The maximum Gasteiger partial charge on any atom is 0.121 e. The molecule has 0 unspecified atom stereocenters. The zero-order chi connectivity index (χ0) is 13.0. The number of anilines is 3. The predicted molar refractivity (Wildman–Crippen MR) is 84.5 cm³/mol. The standard InChI is InChI=1S/C14H15IN2O/c1-2-18-12-5-3-4-11(9-12)17-14-7-6-10(15)8-13(14)16/h3-9,17H,2,16H2,1H3. The van der Waals surface area contributed by atoms with Gasteiger partial charge in [0.05, 0.1) is 18.0 Å². The Morgan fingerprint density at radius 1 is 1.22 bits per heavy atom. The molecule has 0 amide bonds. The summed E-state index contributed by atoms with van der Waals surface area (Å²) in [6.45, 7) is 2.63. The lowest BCUT2D eigenvalue weighted by molar-refractivity contribution is 0.340. The number of nitrogen functional groups attached to an aromatic ring is 1. The van der Waals surface area contributed by atoms with Crippen LogP contribution in [0.15, 0.2) is 42.5 Å². The highest BCUT2D eigenvalue weighted by molar-refractivity contribution is 14.1. The minimum Gasteiger partial charge on any atom is -0.494 e. The molecule has 0 aromatic heterocycles. The molecule has 2 aromatic carbocycles. The molecular weight excluding hydrogens is 339 g/mol. The fourth-order valence-corrected chi connectivity index (χ4v) is 2.15. The number of nitrogens with one attached hydrogen (secondary N) is 1. The number of ether oxygens (including phenoxy) is 1. The average molecular weight is 354 g/mol. The van der Waals surface area contributed by atoms with E-state index in [1.807, 2.05) is 49.4 Å². The number of halogens is 1. The molecule has 0 bridgehead atoms. The summed E-state index contributed by atoms with van der Waals surface area (Å²) in [6, 6.07) is 13.8. The summed E-state index contributed by atoms with van der Waals surface area (Å²) >= 11 is 2.24. The van der Waals surface area contributed by atoms with Crippen molar-refractivity contribution in [3.8, 4) is 5.75 Å². The van der Waals surface area contributed by atoms with Gasteiger partial charge in [-0.05, 0) is 59.8 Å². The summed E-state index contributed by atoms with van der Waals surface area (Å²) in [5.74, 6) is 0.853. The van der Waals surface area contributed by atoms with E-state index in [1.165, 1.54) is 0 Å². The molecule has 18 heavy (non-hydrogen) atoms. The van der Waals surface area contributed by atoms with Crippen LogP contribution in [0.2, 0.25) is 0 Å². The van der Waals surface area contributed by atoms with E-state index in [9.17, 15) is 0 Å². The molecule has 2 rings (SSSR count). The molecule has 0 fully saturated rings. The Labute approximate surface area is 120 Å². The maximum atomic E-state index is 5.97. The molecule has 0 saturated heterocycles. The van der Waals surface area contributed by atoms with Gasteiger partial charge in [-0.15, -0.1) is 0 Å². The van der Waals surface area contributed by atoms with Gasteiger partial charge in [0.25, 0.3) is 0 Å². The molecule has 3 N–H and O–H groups in total. The minimum absolute atomic E-state index is 0.662. The summed E-state index contributed by atoms with van der Waals surface area (Å²) in [4.78, 5) is 0. The fraction of sp³-hybridized carbons (Fsp3) is 0.143. The Balaban J connectivity index is 2.20. The van der Waals surface area contributed by atoms with Crippen LogP contribution in [-0.4, -0.2) is 6.61 Å². The Kier molecular flexibility index (Phi) is 4.30. The van der Waals surface area contributed by atoms with Crippen LogP contribution in [0.3, 0.4) is 0 Å². The SMILES string of the molecule is CCOc1cccc(Nc2ccc(I)cc2N)c1. The Morgan fingerprint density at radius 3 is 2.78 bits per heavy atom. The zero-order valence-corrected chi connectivity index (χ0v) is 12.3. The van der Waals surface area contributed by atoms with Gasteiger partial charge in [-0.2, -0.15) is 0 Å². The third-order valence-electron chi connectivity index (χ3n) is 2.44. The molecule has 0 spiro atoms. The van der Waals surface area contributed by atoms with Gasteiger partial charge < -0.3 is 15.8 Å². The molecule has 0 heterocycles. The largest absolute Gasteiger partial charge is 0.494 e. The van der Waals surface area contributed by atoms with Crippen molar-refractivity contribution in [1.29, 1.82) is 0 Å². The molecule has 0 atom stereocenters.